The predicted molar refractivity (Wildman–Crippen MR) is 57.8 cm³/mol. The van der Waals surface area contributed by atoms with Gasteiger partial charge < -0.3 is 0 Å². The normalized spacial score (nSPS) is 23.2. The topological polar surface area (TPSA) is 24.7 Å². The van der Waals surface area contributed by atoms with Crippen molar-refractivity contribution in [3.05, 3.63) is 12.7 Å². The van der Waals surface area contributed by atoms with Gasteiger partial charge in [-0.05, 0) is 0 Å². The standard InChI is InChI=1S/C7H6Cl2N2S/c1-2-3-4-10-6(8)5(12)7(9)11-4/h2,6H,1,3H2. The summed E-state index contributed by atoms with van der Waals surface area (Å²) < 4.78 is 0. The molecule has 1 aliphatic rings. The zero-order valence-corrected chi connectivity index (χ0v) is 8.46. The number of hydrogen-bond acceptors (Lipinski definition) is 3. The summed E-state index contributed by atoms with van der Waals surface area (Å²) in [6.45, 7) is 3.55. The Bertz CT molecular complexity index is 283. The first kappa shape index (κ1) is 9.84. The number of alkyl halides is 1. The molecular formula is C7H6Cl2N2S. The Hall–Kier alpha value is -0.250. The van der Waals surface area contributed by atoms with Gasteiger partial charge in [0.05, 0.1) is 4.86 Å². The van der Waals surface area contributed by atoms with Crippen molar-refractivity contribution in [2.75, 3.05) is 0 Å². The minimum absolute atomic E-state index is 0.261. The van der Waals surface area contributed by atoms with Crippen molar-refractivity contribution in [3.63, 3.8) is 0 Å². The molecule has 0 aromatic heterocycles. The molecule has 0 aromatic rings. The Morgan fingerprint density at radius 2 is 2.33 bits per heavy atom. The molecule has 0 aromatic carbocycles. The maximum absolute atomic E-state index is 5.76. The second kappa shape index (κ2) is 4.12. The molecule has 0 saturated heterocycles. The quantitative estimate of drug-likeness (QED) is 0.304. The van der Waals surface area contributed by atoms with Crippen molar-refractivity contribution in [2.24, 2.45) is 9.98 Å². The molecule has 5 heteroatoms. The zero-order valence-electron chi connectivity index (χ0n) is 6.13. The van der Waals surface area contributed by atoms with E-state index in [2.05, 4.69) is 16.6 Å². The fourth-order valence-electron chi connectivity index (χ4n) is 0.712. The maximum Gasteiger partial charge on any atom is 0.163 e. The highest BCUT2D eigenvalue weighted by atomic mass is 35.5. The van der Waals surface area contributed by atoms with Gasteiger partial charge in [-0.3, -0.25) is 0 Å². The number of hydrogen-bond donors (Lipinski definition) is 0. The van der Waals surface area contributed by atoms with Crippen LogP contribution < -0.4 is 0 Å². The molecule has 12 heavy (non-hydrogen) atoms. The largest absolute Gasteiger partial charge is 0.245 e. The molecule has 1 aliphatic heterocycles. The molecule has 1 rings (SSSR count). The summed E-state index contributed by atoms with van der Waals surface area (Å²) in [5, 5.41) is 0.261. The summed E-state index contributed by atoms with van der Waals surface area (Å²) in [7, 11) is 0. The van der Waals surface area contributed by atoms with E-state index in [0.29, 0.717) is 17.1 Å². The van der Waals surface area contributed by atoms with Gasteiger partial charge in [0.2, 0.25) is 0 Å². The van der Waals surface area contributed by atoms with E-state index in [-0.39, 0.29) is 5.17 Å². The first-order valence-corrected chi connectivity index (χ1v) is 4.47. The molecule has 0 bridgehead atoms. The molecule has 64 valence electrons. The van der Waals surface area contributed by atoms with Crippen LogP contribution in [0.5, 0.6) is 0 Å². The Morgan fingerprint density at radius 3 is 2.83 bits per heavy atom. The summed E-state index contributed by atoms with van der Waals surface area (Å²) in [6.07, 6.45) is 2.24. The van der Waals surface area contributed by atoms with Crippen LogP contribution in [0.25, 0.3) is 0 Å². The molecule has 0 amide bonds. The number of thiocarbonyl (C=S) groups is 1. The number of aliphatic imine (C=N–C) groups is 2. The van der Waals surface area contributed by atoms with Crippen molar-refractivity contribution >= 4 is 51.3 Å². The smallest absolute Gasteiger partial charge is 0.163 e. The third-order valence-electron chi connectivity index (χ3n) is 1.24. The van der Waals surface area contributed by atoms with Crippen molar-refractivity contribution in [1.82, 2.24) is 0 Å². The van der Waals surface area contributed by atoms with Gasteiger partial charge in [-0.25, -0.2) is 9.98 Å². The van der Waals surface area contributed by atoms with Crippen molar-refractivity contribution in [3.8, 4) is 0 Å². The van der Waals surface area contributed by atoms with Crippen molar-refractivity contribution in [1.29, 1.82) is 0 Å². The lowest BCUT2D eigenvalue weighted by atomic mass is 10.3. The molecule has 0 radical (unpaired) electrons. The van der Waals surface area contributed by atoms with E-state index >= 15 is 0 Å². The highest BCUT2D eigenvalue weighted by Crippen LogP contribution is 2.13. The lowest BCUT2D eigenvalue weighted by molar-refractivity contribution is 1.17. The first-order chi connectivity index (χ1) is 5.65. The highest BCUT2D eigenvalue weighted by molar-refractivity contribution is 7.83. The second-order valence-corrected chi connectivity index (χ2v) is 3.35. The van der Waals surface area contributed by atoms with Crippen LogP contribution >= 0.6 is 35.4 Å². The molecule has 0 aliphatic carbocycles. The van der Waals surface area contributed by atoms with E-state index in [4.69, 9.17) is 35.4 Å². The van der Waals surface area contributed by atoms with Crippen LogP contribution in [0, 0.1) is 0 Å². The van der Waals surface area contributed by atoms with E-state index in [1.54, 1.807) is 6.08 Å². The number of rotatable bonds is 2. The van der Waals surface area contributed by atoms with Crippen LogP contribution in [0.15, 0.2) is 22.6 Å². The Labute approximate surface area is 86.0 Å². The van der Waals surface area contributed by atoms with Crippen LogP contribution in [0.1, 0.15) is 6.42 Å². The predicted octanol–water partition coefficient (Wildman–Crippen LogP) is 2.55. The Kier molecular flexibility index (Phi) is 3.38. The van der Waals surface area contributed by atoms with Gasteiger partial charge in [-0.1, -0.05) is 41.5 Å². The van der Waals surface area contributed by atoms with E-state index in [9.17, 15) is 0 Å². The third-order valence-corrected chi connectivity index (χ3v) is 2.50. The average Bonchev–Trinajstić information content (AvgIpc) is 2.01. The Morgan fingerprint density at radius 1 is 1.67 bits per heavy atom. The summed E-state index contributed by atoms with van der Waals surface area (Å²) in [5.41, 5.74) is -0.556. The lowest BCUT2D eigenvalue weighted by Crippen LogP contribution is -2.23. The monoisotopic (exact) mass is 220 g/mol. The van der Waals surface area contributed by atoms with E-state index < -0.39 is 5.50 Å². The van der Waals surface area contributed by atoms with Crippen molar-refractivity contribution < 1.29 is 0 Å². The fourth-order valence-corrected chi connectivity index (χ4v) is 1.28. The van der Waals surface area contributed by atoms with E-state index in [1.165, 1.54) is 0 Å². The molecule has 0 saturated carbocycles. The molecule has 0 fully saturated rings. The van der Waals surface area contributed by atoms with Crippen LogP contribution in [-0.2, 0) is 0 Å². The lowest BCUT2D eigenvalue weighted by Gasteiger charge is -2.11. The van der Waals surface area contributed by atoms with Gasteiger partial charge >= 0.3 is 0 Å². The van der Waals surface area contributed by atoms with Crippen LogP contribution in [0.2, 0.25) is 0 Å². The first-order valence-electron chi connectivity index (χ1n) is 3.25. The average molecular weight is 221 g/mol. The molecule has 1 unspecified atom stereocenters. The molecule has 0 N–H and O–H groups in total. The van der Waals surface area contributed by atoms with Crippen LogP contribution in [-0.4, -0.2) is 21.4 Å². The molecule has 1 heterocycles. The number of amidine groups is 1. The third kappa shape index (κ3) is 2.12. The minimum Gasteiger partial charge on any atom is -0.245 e. The molecule has 2 nitrogen and oxygen atoms in total. The van der Waals surface area contributed by atoms with Gasteiger partial charge in [0.15, 0.2) is 5.50 Å². The fraction of sp³-hybridized carbons (Fsp3) is 0.286. The summed E-state index contributed by atoms with van der Waals surface area (Å²) in [4.78, 5) is 8.32. The minimum atomic E-state index is -0.556. The maximum atomic E-state index is 5.76. The van der Waals surface area contributed by atoms with Gasteiger partial charge in [-0.15, -0.1) is 6.58 Å². The second-order valence-electron chi connectivity index (χ2n) is 2.14. The SMILES string of the molecule is C=CCC1=NC(Cl)C(=S)C(Cl)=N1. The van der Waals surface area contributed by atoms with Gasteiger partial charge in [0, 0.05) is 6.42 Å². The summed E-state index contributed by atoms with van der Waals surface area (Å²) >= 11 is 16.3. The van der Waals surface area contributed by atoms with Crippen LogP contribution in [0.3, 0.4) is 0 Å². The Balaban J connectivity index is 2.86. The zero-order chi connectivity index (χ0) is 9.14. The van der Waals surface area contributed by atoms with E-state index in [1.807, 2.05) is 0 Å². The summed E-state index contributed by atoms with van der Waals surface area (Å²) in [5.74, 6) is 0.573. The van der Waals surface area contributed by atoms with Gasteiger partial charge in [0.1, 0.15) is 11.0 Å². The molecular weight excluding hydrogens is 215 g/mol. The van der Waals surface area contributed by atoms with Gasteiger partial charge in [-0.2, -0.15) is 0 Å². The number of halogens is 2. The molecule has 1 atom stereocenters. The highest BCUT2D eigenvalue weighted by Gasteiger charge is 2.19. The van der Waals surface area contributed by atoms with E-state index in [0.717, 1.165) is 0 Å². The van der Waals surface area contributed by atoms with Gasteiger partial charge in [0.25, 0.3) is 0 Å². The van der Waals surface area contributed by atoms with Crippen LogP contribution in [0.4, 0.5) is 0 Å². The number of nitrogens with zero attached hydrogens (tertiary/aromatic N) is 2. The molecule has 0 spiro atoms. The summed E-state index contributed by atoms with van der Waals surface area (Å²) in [6, 6.07) is 0. The van der Waals surface area contributed by atoms with Crippen molar-refractivity contribution in [2.45, 2.75) is 11.9 Å².